The second-order valence-electron chi connectivity index (χ2n) is 5.22. The summed E-state index contributed by atoms with van der Waals surface area (Å²) in [5.41, 5.74) is -0.117. The average molecular weight is 338 g/mol. The van der Waals surface area contributed by atoms with Gasteiger partial charge in [-0.3, -0.25) is 0 Å². The van der Waals surface area contributed by atoms with Gasteiger partial charge in [-0.15, -0.1) is 0 Å². The van der Waals surface area contributed by atoms with Gasteiger partial charge < -0.3 is 14.7 Å². The number of anilines is 1. The van der Waals surface area contributed by atoms with Crippen LogP contribution in [0.15, 0.2) is 12.3 Å². The maximum absolute atomic E-state index is 13.6. The van der Waals surface area contributed by atoms with E-state index < -0.39 is 24.6 Å². The summed E-state index contributed by atoms with van der Waals surface area (Å²) in [5.74, 6) is -0.934. The van der Waals surface area contributed by atoms with Crippen LogP contribution in [0.4, 0.5) is 23.4 Å². The number of hydrogen-bond acceptors (Lipinski definition) is 4. The molecule has 9 heteroatoms. The molecule has 1 aliphatic heterocycles. The summed E-state index contributed by atoms with van der Waals surface area (Å²) < 4.78 is 50.2. The third kappa shape index (κ3) is 6.39. The second-order valence-corrected chi connectivity index (χ2v) is 5.22. The molecule has 0 bridgehead atoms. The van der Waals surface area contributed by atoms with Crippen LogP contribution in [0.1, 0.15) is 23.7 Å². The maximum atomic E-state index is 13.6. The third-order valence-electron chi connectivity index (χ3n) is 3.10. The van der Waals surface area contributed by atoms with Crippen LogP contribution < -0.4 is 4.90 Å². The zero-order valence-electron chi connectivity index (χ0n) is 12.7. The molecule has 1 N–H and O–H groups in total. The van der Waals surface area contributed by atoms with Crippen LogP contribution in [0, 0.1) is 11.7 Å². The van der Waals surface area contributed by atoms with Gasteiger partial charge in [-0.1, -0.05) is 6.92 Å². The molecule has 130 valence electrons. The van der Waals surface area contributed by atoms with Gasteiger partial charge in [0.25, 0.3) is 0 Å². The van der Waals surface area contributed by atoms with Gasteiger partial charge in [0.05, 0.1) is 5.56 Å². The van der Waals surface area contributed by atoms with Gasteiger partial charge in [0.1, 0.15) is 6.61 Å². The topological polar surface area (TPSA) is 62.7 Å². The lowest BCUT2D eigenvalue weighted by Gasteiger charge is -2.17. The Morgan fingerprint density at radius 1 is 1.52 bits per heavy atom. The van der Waals surface area contributed by atoms with Crippen LogP contribution in [0.25, 0.3) is 0 Å². The van der Waals surface area contributed by atoms with Gasteiger partial charge >= 0.3 is 12.1 Å². The first kappa shape index (κ1) is 19.1. The van der Waals surface area contributed by atoms with Gasteiger partial charge in [-0.25, -0.2) is 14.2 Å². The SMILES string of the molecule is CC1CCN(c2ncc(C(=O)O)cc2F)C1.COCC(F)(F)F. The molecule has 23 heavy (non-hydrogen) atoms. The Morgan fingerprint density at radius 3 is 2.52 bits per heavy atom. The summed E-state index contributed by atoms with van der Waals surface area (Å²) in [6, 6.07) is 1.02. The number of carboxylic acids is 1. The van der Waals surface area contributed by atoms with Gasteiger partial charge in [-0.2, -0.15) is 13.2 Å². The van der Waals surface area contributed by atoms with Crippen molar-refractivity contribution in [3.8, 4) is 0 Å². The minimum absolute atomic E-state index is 0.117. The number of aromatic carboxylic acids is 1. The number of alkyl halides is 3. The van der Waals surface area contributed by atoms with Crippen LogP contribution in [0.3, 0.4) is 0 Å². The number of aromatic nitrogens is 1. The predicted molar refractivity (Wildman–Crippen MR) is 75.1 cm³/mol. The van der Waals surface area contributed by atoms with Crippen molar-refractivity contribution in [3.05, 3.63) is 23.6 Å². The molecule has 2 rings (SSSR count). The first-order valence-corrected chi connectivity index (χ1v) is 6.83. The molecule has 1 fully saturated rings. The van der Waals surface area contributed by atoms with Crippen molar-refractivity contribution in [2.45, 2.75) is 19.5 Å². The Kier molecular flexibility index (Phi) is 6.74. The summed E-state index contributed by atoms with van der Waals surface area (Å²) in [7, 11) is 1.01. The number of nitrogens with zero attached hydrogens (tertiary/aromatic N) is 2. The van der Waals surface area contributed by atoms with Crippen LogP contribution >= 0.6 is 0 Å². The lowest BCUT2D eigenvalue weighted by Crippen LogP contribution is -2.22. The van der Waals surface area contributed by atoms with Crippen molar-refractivity contribution >= 4 is 11.8 Å². The van der Waals surface area contributed by atoms with Crippen molar-refractivity contribution in [2.24, 2.45) is 5.92 Å². The van der Waals surface area contributed by atoms with E-state index in [4.69, 9.17) is 5.11 Å². The zero-order valence-corrected chi connectivity index (χ0v) is 12.7. The van der Waals surface area contributed by atoms with E-state index in [2.05, 4.69) is 16.6 Å². The molecule has 0 radical (unpaired) electrons. The molecule has 0 saturated carbocycles. The molecule has 0 amide bonds. The summed E-state index contributed by atoms with van der Waals surface area (Å²) >= 11 is 0. The largest absolute Gasteiger partial charge is 0.478 e. The predicted octanol–water partition coefficient (Wildman–Crippen LogP) is 2.96. The van der Waals surface area contributed by atoms with E-state index in [9.17, 15) is 22.4 Å². The Labute approximate surface area is 130 Å². The number of halogens is 4. The fourth-order valence-electron chi connectivity index (χ4n) is 2.07. The smallest absolute Gasteiger partial charge is 0.411 e. The monoisotopic (exact) mass is 338 g/mol. The lowest BCUT2D eigenvalue weighted by molar-refractivity contribution is -0.167. The van der Waals surface area contributed by atoms with E-state index in [1.54, 1.807) is 0 Å². The molecule has 5 nitrogen and oxygen atoms in total. The van der Waals surface area contributed by atoms with Crippen LogP contribution in [0.2, 0.25) is 0 Å². The molecule has 2 heterocycles. The average Bonchev–Trinajstić information content (AvgIpc) is 2.84. The molecule has 0 aliphatic carbocycles. The molecule has 1 saturated heterocycles. The van der Waals surface area contributed by atoms with Crippen LogP contribution in [-0.4, -0.2) is 49.0 Å². The summed E-state index contributed by atoms with van der Waals surface area (Å²) in [4.78, 5) is 16.4. The lowest BCUT2D eigenvalue weighted by atomic mass is 10.2. The van der Waals surface area contributed by atoms with E-state index in [1.165, 1.54) is 6.20 Å². The zero-order chi connectivity index (χ0) is 17.6. The van der Waals surface area contributed by atoms with Gasteiger partial charge in [-0.05, 0) is 18.4 Å². The molecule has 0 spiro atoms. The molecular formula is C14H18F4N2O3. The molecule has 1 unspecified atom stereocenters. The first-order chi connectivity index (χ1) is 10.6. The quantitative estimate of drug-likeness (QED) is 0.859. The van der Waals surface area contributed by atoms with Crippen molar-refractivity contribution in [2.75, 3.05) is 31.7 Å². The number of carboxylic acid groups (broad SMARTS) is 1. The van der Waals surface area contributed by atoms with Gasteiger partial charge in [0, 0.05) is 26.4 Å². The Bertz CT molecular complexity index is 537. The molecule has 0 aromatic carbocycles. The highest BCUT2D eigenvalue weighted by Gasteiger charge is 2.26. The molecular weight excluding hydrogens is 320 g/mol. The van der Waals surface area contributed by atoms with Crippen molar-refractivity contribution in [1.29, 1.82) is 0 Å². The number of pyridine rings is 1. The fraction of sp³-hybridized carbons (Fsp3) is 0.571. The highest BCUT2D eigenvalue weighted by molar-refractivity contribution is 5.87. The molecule has 1 aliphatic rings. The first-order valence-electron chi connectivity index (χ1n) is 6.83. The third-order valence-corrected chi connectivity index (χ3v) is 3.10. The van der Waals surface area contributed by atoms with Crippen molar-refractivity contribution < 1.29 is 32.2 Å². The fourth-order valence-corrected chi connectivity index (χ4v) is 2.07. The van der Waals surface area contributed by atoms with Gasteiger partial charge in [0.2, 0.25) is 0 Å². The van der Waals surface area contributed by atoms with E-state index in [-0.39, 0.29) is 11.4 Å². The summed E-state index contributed by atoms with van der Waals surface area (Å²) in [6.07, 6.45) is -1.96. The van der Waals surface area contributed by atoms with E-state index >= 15 is 0 Å². The molecule has 1 aromatic rings. The summed E-state index contributed by atoms with van der Waals surface area (Å²) in [5, 5.41) is 8.69. The summed E-state index contributed by atoms with van der Waals surface area (Å²) in [6.45, 7) is 2.49. The minimum atomic E-state index is -4.17. The van der Waals surface area contributed by atoms with E-state index in [0.29, 0.717) is 5.92 Å². The van der Waals surface area contributed by atoms with Gasteiger partial charge in [0.15, 0.2) is 11.6 Å². The van der Waals surface area contributed by atoms with Crippen molar-refractivity contribution in [1.82, 2.24) is 4.98 Å². The number of rotatable bonds is 3. The number of ether oxygens (including phenoxy) is 1. The number of hydrogen-bond donors (Lipinski definition) is 1. The minimum Gasteiger partial charge on any atom is -0.478 e. The van der Waals surface area contributed by atoms with Crippen LogP contribution in [0.5, 0.6) is 0 Å². The van der Waals surface area contributed by atoms with Crippen LogP contribution in [-0.2, 0) is 4.74 Å². The molecule has 1 atom stereocenters. The number of carbonyl (C=O) groups is 1. The highest BCUT2D eigenvalue weighted by atomic mass is 19.4. The standard InChI is InChI=1S/C11H13FN2O2.C3H5F3O/c1-7-2-3-14(6-7)10-9(12)4-8(5-13-10)11(15)16;1-7-2-3(4,5)6/h4-5,7H,2-3,6H2,1H3,(H,15,16);2H2,1H3. The van der Waals surface area contributed by atoms with E-state index in [1.807, 2.05) is 4.90 Å². The Balaban J connectivity index is 0.000000322. The Hall–Kier alpha value is -1.90. The Morgan fingerprint density at radius 2 is 2.17 bits per heavy atom. The normalized spacial score (nSPS) is 17.7. The van der Waals surface area contributed by atoms with E-state index in [0.717, 1.165) is 32.7 Å². The maximum Gasteiger partial charge on any atom is 0.411 e. The molecule has 1 aromatic heterocycles. The second kappa shape index (κ2) is 8.09. The highest BCUT2D eigenvalue weighted by Crippen LogP contribution is 2.24. The number of methoxy groups -OCH3 is 1. The van der Waals surface area contributed by atoms with Crippen molar-refractivity contribution in [3.63, 3.8) is 0 Å².